The highest BCUT2D eigenvalue weighted by atomic mass is 35.5. The first-order chi connectivity index (χ1) is 13.4. The van der Waals surface area contributed by atoms with E-state index < -0.39 is 20.2 Å². The molecule has 0 aliphatic heterocycles. The number of rotatable bonds is 16. The van der Waals surface area contributed by atoms with Crippen LogP contribution in [-0.2, 0) is 31.7 Å². The summed E-state index contributed by atoms with van der Waals surface area (Å²) in [5.74, 6) is 0.719. The predicted octanol–water partition coefficient (Wildman–Crippen LogP) is 6.40. The molecule has 0 atom stereocenters. The Morgan fingerprint density at radius 3 is 1.45 bits per heavy atom. The zero-order valence-corrected chi connectivity index (χ0v) is 22.2. The molecule has 0 aromatic heterocycles. The predicted molar refractivity (Wildman–Crippen MR) is 119 cm³/mol. The van der Waals surface area contributed by atoms with Crippen molar-refractivity contribution >= 4 is 85.3 Å². The van der Waals surface area contributed by atoms with Gasteiger partial charge in [0.25, 0.3) is 0 Å². The normalized spacial score (nSPS) is 12.8. The van der Waals surface area contributed by atoms with Crippen molar-refractivity contribution in [1.29, 1.82) is 0 Å². The Kier molecular flexibility index (Phi) is 21.0. The first kappa shape index (κ1) is 33.1. The summed E-state index contributed by atoms with van der Waals surface area (Å²) in [7, 11) is -7.76. The van der Waals surface area contributed by atoms with Crippen LogP contribution < -0.4 is 0 Å². The molecule has 0 aromatic carbocycles. The van der Waals surface area contributed by atoms with Crippen LogP contribution in [0.1, 0.15) is 20.3 Å². The lowest BCUT2D eigenvalue weighted by Crippen LogP contribution is -2.21. The van der Waals surface area contributed by atoms with Crippen LogP contribution in [0.3, 0.4) is 0 Å². The second-order valence-electron chi connectivity index (χ2n) is 5.33. The number of phosphoric acid groups is 2. The Labute approximate surface area is 201 Å². The van der Waals surface area contributed by atoms with Gasteiger partial charge in [-0.05, 0) is 5.92 Å². The molecule has 0 aliphatic carbocycles. The van der Waals surface area contributed by atoms with Crippen LogP contribution in [0, 0.1) is 5.92 Å². The van der Waals surface area contributed by atoms with Crippen molar-refractivity contribution in [2.75, 3.05) is 49.9 Å². The number of halogens is 6. The molecular weight excluding hydrogens is 559 g/mol. The maximum absolute atomic E-state index is 12.2. The van der Waals surface area contributed by atoms with Gasteiger partial charge in [-0.2, -0.15) is 0 Å². The summed E-state index contributed by atoms with van der Waals surface area (Å²) in [6.45, 7) is 3.74. The molecule has 0 rings (SSSR count). The highest BCUT2D eigenvalue weighted by Gasteiger charge is 2.39. The molecule has 0 bridgehead atoms. The van der Waals surface area contributed by atoms with Crippen LogP contribution in [-0.4, -0.2) is 59.4 Å². The Balaban J connectivity index is 0. The van der Waals surface area contributed by atoms with Gasteiger partial charge in [0.2, 0.25) is 4.52 Å². The fourth-order valence-electron chi connectivity index (χ4n) is 1.40. The third kappa shape index (κ3) is 21.6. The molecule has 0 heterocycles. The molecule has 0 fully saturated rings. The van der Waals surface area contributed by atoms with Gasteiger partial charge in [0.05, 0.1) is 26.4 Å². The van der Waals surface area contributed by atoms with E-state index >= 15 is 0 Å². The number of hydrogen-bond acceptors (Lipinski definition) is 7. The monoisotopic (exact) mass is 582 g/mol. The van der Waals surface area contributed by atoms with Crippen molar-refractivity contribution in [1.82, 2.24) is 0 Å². The Morgan fingerprint density at radius 1 is 0.793 bits per heavy atom. The van der Waals surface area contributed by atoms with Gasteiger partial charge >= 0.3 is 15.6 Å². The van der Waals surface area contributed by atoms with Gasteiger partial charge in [-0.25, -0.2) is 13.7 Å². The van der Waals surface area contributed by atoms with E-state index in [1.807, 2.05) is 13.8 Å². The molecule has 178 valence electrons. The molecule has 0 saturated carbocycles. The van der Waals surface area contributed by atoms with E-state index in [4.69, 9.17) is 88.1 Å². The Bertz CT molecular complexity index is 476. The Morgan fingerprint density at radius 2 is 1.14 bits per heavy atom. The highest BCUT2D eigenvalue weighted by molar-refractivity contribution is 7.48. The maximum atomic E-state index is 12.2. The molecule has 8 nitrogen and oxygen atoms in total. The fourth-order valence-corrected chi connectivity index (χ4v) is 5.19. The smallest absolute Gasteiger partial charge is 0.302 e. The van der Waals surface area contributed by atoms with Crippen LogP contribution in [0.5, 0.6) is 0 Å². The zero-order chi connectivity index (χ0) is 23.0. The summed E-state index contributed by atoms with van der Waals surface area (Å²) >= 11 is 33.1. The fraction of sp³-hybridized carbons (Fsp3) is 1.00. The van der Waals surface area contributed by atoms with Crippen molar-refractivity contribution < 1.29 is 36.6 Å². The molecule has 1 N–H and O–H groups in total. The van der Waals surface area contributed by atoms with E-state index in [0.29, 0.717) is 0 Å². The second-order valence-corrected chi connectivity index (χ2v) is 11.3. The van der Waals surface area contributed by atoms with Gasteiger partial charge in [0, 0.05) is 29.9 Å². The summed E-state index contributed by atoms with van der Waals surface area (Å²) in [6.07, 6.45) is 0.272. The average molecular weight is 585 g/mol. The minimum atomic E-state index is -3.89. The summed E-state index contributed by atoms with van der Waals surface area (Å²) in [6, 6.07) is 0. The zero-order valence-electron chi connectivity index (χ0n) is 15.9. The molecule has 0 saturated heterocycles. The molecule has 0 spiro atoms. The van der Waals surface area contributed by atoms with Gasteiger partial charge in [-0.1, -0.05) is 37.0 Å². The molecule has 0 aromatic rings. The highest BCUT2D eigenvalue weighted by Crippen LogP contribution is 2.55. The van der Waals surface area contributed by atoms with Crippen molar-refractivity contribution in [2.45, 2.75) is 24.8 Å². The molecule has 0 amide bonds. The molecule has 0 unspecified atom stereocenters. The first-order valence-electron chi connectivity index (χ1n) is 8.20. The quantitative estimate of drug-likeness (QED) is 0.164. The number of phosphoric ester groups is 2. The minimum Gasteiger partial charge on any atom is -0.302 e. The molecule has 0 radical (unpaired) electrons. The number of alkyl halides is 6. The largest absolute Gasteiger partial charge is 0.477 e. The SMILES string of the molecule is CC(C)CC(Cl)(Cl)OP(=O)(OCCCl)OCCCl.O=P(O)(OCCCl)OCCCl. The summed E-state index contributed by atoms with van der Waals surface area (Å²) in [5.41, 5.74) is 0. The van der Waals surface area contributed by atoms with E-state index in [1.165, 1.54) is 0 Å². The van der Waals surface area contributed by atoms with Crippen molar-refractivity contribution in [3.05, 3.63) is 0 Å². The third-order valence-electron chi connectivity index (χ3n) is 2.21. The summed E-state index contributed by atoms with van der Waals surface area (Å²) in [4.78, 5) is 8.77. The standard InChI is InChI=1S/C9H17Cl4O4P.C4H9Cl2O4P/c1-8(2)7-9(12,13)17-18(14,15-5-3-10)16-6-4-11;5-1-3-9-11(7,8)10-4-2-6/h8H,3-7H2,1-2H3;1-4H2,(H,7,8). The molecule has 16 heteroatoms. The van der Waals surface area contributed by atoms with Gasteiger partial charge < -0.3 is 4.89 Å². The van der Waals surface area contributed by atoms with E-state index in [1.54, 1.807) is 0 Å². The molecule has 29 heavy (non-hydrogen) atoms. The second kappa shape index (κ2) is 18.4. The van der Waals surface area contributed by atoms with E-state index in [-0.39, 0.29) is 62.3 Å². The average Bonchev–Trinajstić information content (AvgIpc) is 2.60. The summed E-state index contributed by atoms with van der Waals surface area (Å²) < 4.78 is 45.0. The van der Waals surface area contributed by atoms with Crippen LogP contribution in [0.4, 0.5) is 0 Å². The van der Waals surface area contributed by atoms with E-state index in [0.717, 1.165) is 0 Å². The topological polar surface area (TPSA) is 101 Å². The summed E-state index contributed by atoms with van der Waals surface area (Å²) in [5, 5.41) is 0. The van der Waals surface area contributed by atoms with Crippen LogP contribution >= 0.6 is 85.3 Å². The number of hydrogen-bond donors (Lipinski definition) is 1. The van der Waals surface area contributed by atoms with Gasteiger partial charge in [-0.15, -0.1) is 46.4 Å². The molecule has 0 aliphatic rings. The van der Waals surface area contributed by atoms with Crippen LogP contribution in [0.15, 0.2) is 0 Å². The van der Waals surface area contributed by atoms with Gasteiger partial charge in [-0.3, -0.25) is 18.1 Å². The minimum absolute atomic E-state index is 0.00729. The van der Waals surface area contributed by atoms with E-state index in [2.05, 4.69) is 9.05 Å². The Hall–Kier alpha value is 1.96. The van der Waals surface area contributed by atoms with Crippen molar-refractivity contribution in [3.63, 3.8) is 0 Å². The lowest BCUT2D eigenvalue weighted by atomic mass is 10.1. The maximum Gasteiger partial charge on any atom is 0.477 e. The lowest BCUT2D eigenvalue weighted by Gasteiger charge is -2.26. The van der Waals surface area contributed by atoms with Gasteiger partial charge in [0.1, 0.15) is 0 Å². The van der Waals surface area contributed by atoms with Crippen molar-refractivity contribution in [3.8, 4) is 0 Å². The third-order valence-corrected chi connectivity index (χ3v) is 6.05. The van der Waals surface area contributed by atoms with Crippen molar-refractivity contribution in [2.24, 2.45) is 5.92 Å². The van der Waals surface area contributed by atoms with E-state index in [9.17, 15) is 9.13 Å². The van der Waals surface area contributed by atoms with Crippen LogP contribution in [0.2, 0.25) is 0 Å². The molecular formula is C13H26Cl6O8P2. The van der Waals surface area contributed by atoms with Gasteiger partial charge in [0.15, 0.2) is 0 Å². The first-order valence-corrected chi connectivity index (χ1v) is 14.1. The van der Waals surface area contributed by atoms with Crippen LogP contribution in [0.25, 0.3) is 0 Å². The lowest BCUT2D eigenvalue weighted by molar-refractivity contribution is 0.0900.